The van der Waals surface area contributed by atoms with Crippen molar-refractivity contribution >= 4 is 28.3 Å². The van der Waals surface area contributed by atoms with Gasteiger partial charge in [0.05, 0.1) is 0 Å². The van der Waals surface area contributed by atoms with E-state index < -0.39 is 11.9 Å². The molecule has 0 aliphatic carbocycles. The average Bonchev–Trinajstić information content (AvgIpc) is 3.32. The molecule has 0 radical (unpaired) electrons. The van der Waals surface area contributed by atoms with E-state index in [-0.39, 0.29) is 12.5 Å². The van der Waals surface area contributed by atoms with Crippen LogP contribution in [0, 0.1) is 6.92 Å². The lowest BCUT2D eigenvalue weighted by molar-refractivity contribution is -0.127. The first-order chi connectivity index (χ1) is 16.6. The summed E-state index contributed by atoms with van der Waals surface area (Å²) in [5.41, 5.74) is 2.97. The molecule has 0 aliphatic heterocycles. The number of hydrogen-bond donors (Lipinski definition) is 2. The molecule has 0 aliphatic rings. The minimum absolute atomic E-state index is 0.196. The number of hydrogen-bond acceptors (Lipinski definition) is 6. The first kappa shape index (κ1) is 23.1. The van der Waals surface area contributed by atoms with Crippen molar-refractivity contribution in [1.29, 1.82) is 0 Å². The van der Waals surface area contributed by atoms with E-state index in [0.29, 0.717) is 22.3 Å². The summed E-state index contributed by atoms with van der Waals surface area (Å²) < 4.78 is 5.51. The fraction of sp³-hybridized carbons (Fsp3) is 0.154. The van der Waals surface area contributed by atoms with E-state index in [1.54, 1.807) is 12.1 Å². The van der Waals surface area contributed by atoms with Gasteiger partial charge in [-0.1, -0.05) is 83.6 Å². The van der Waals surface area contributed by atoms with E-state index in [1.165, 1.54) is 11.3 Å². The maximum atomic E-state index is 13.1. The van der Waals surface area contributed by atoms with Gasteiger partial charge in [-0.2, -0.15) is 0 Å². The monoisotopic (exact) mass is 472 g/mol. The van der Waals surface area contributed by atoms with Crippen molar-refractivity contribution in [1.82, 2.24) is 15.5 Å². The smallest absolute Gasteiger partial charge is 0.258 e. The summed E-state index contributed by atoms with van der Waals surface area (Å²) in [6, 6.07) is 25.7. The van der Waals surface area contributed by atoms with Gasteiger partial charge in [0, 0.05) is 12.0 Å². The second-order valence-electron chi connectivity index (χ2n) is 7.68. The van der Waals surface area contributed by atoms with Crippen LogP contribution in [0.5, 0.6) is 5.75 Å². The molecule has 4 rings (SSSR count). The highest BCUT2D eigenvalue weighted by Gasteiger charge is 2.23. The molecule has 172 valence electrons. The zero-order chi connectivity index (χ0) is 23.8. The van der Waals surface area contributed by atoms with Gasteiger partial charge >= 0.3 is 0 Å². The van der Waals surface area contributed by atoms with E-state index in [4.69, 9.17) is 4.74 Å². The number of rotatable bonds is 9. The van der Waals surface area contributed by atoms with Gasteiger partial charge in [0.25, 0.3) is 5.91 Å². The maximum Gasteiger partial charge on any atom is 0.258 e. The van der Waals surface area contributed by atoms with Crippen molar-refractivity contribution in [3.05, 3.63) is 96.1 Å². The number of aromatic nitrogens is 2. The van der Waals surface area contributed by atoms with E-state index in [0.717, 1.165) is 16.7 Å². The summed E-state index contributed by atoms with van der Waals surface area (Å²) in [6.07, 6.45) is 0.327. The topological polar surface area (TPSA) is 93.2 Å². The summed E-state index contributed by atoms with van der Waals surface area (Å²) in [4.78, 5) is 25.7. The molecular weight excluding hydrogens is 448 g/mol. The Morgan fingerprint density at radius 2 is 1.68 bits per heavy atom. The molecule has 1 atom stereocenters. The van der Waals surface area contributed by atoms with E-state index >= 15 is 0 Å². The average molecular weight is 473 g/mol. The standard InChI is InChI=1S/C26H24N4O3S/c1-18-9-8-12-20(15-18)25-29-30-26(34-25)28-24(32)22(16-19-10-4-2-5-11-19)27-23(31)17-33-21-13-6-3-7-14-21/h2-15,22H,16-17H2,1H3,(H,27,31)(H,28,30,32). The Morgan fingerprint density at radius 1 is 0.941 bits per heavy atom. The summed E-state index contributed by atoms with van der Waals surface area (Å²) in [7, 11) is 0. The van der Waals surface area contributed by atoms with Crippen LogP contribution < -0.4 is 15.4 Å². The Hall–Kier alpha value is -4.04. The number of nitrogens with one attached hydrogen (secondary N) is 2. The van der Waals surface area contributed by atoms with Crippen LogP contribution in [0.4, 0.5) is 5.13 Å². The van der Waals surface area contributed by atoms with Crippen molar-refractivity contribution < 1.29 is 14.3 Å². The number of amides is 2. The van der Waals surface area contributed by atoms with Crippen LogP contribution in [0.1, 0.15) is 11.1 Å². The molecule has 0 bridgehead atoms. The van der Waals surface area contributed by atoms with Crippen LogP contribution >= 0.6 is 11.3 Å². The summed E-state index contributed by atoms with van der Waals surface area (Å²) in [5, 5.41) is 15.0. The number of carbonyl (C=O) groups is 2. The Morgan fingerprint density at radius 3 is 2.41 bits per heavy atom. The number of benzene rings is 3. The van der Waals surface area contributed by atoms with Crippen LogP contribution in [-0.4, -0.2) is 34.7 Å². The molecule has 8 heteroatoms. The fourth-order valence-corrected chi connectivity index (χ4v) is 4.06. The quantitative estimate of drug-likeness (QED) is 0.380. The summed E-state index contributed by atoms with van der Waals surface area (Å²) in [6.45, 7) is 1.81. The van der Waals surface area contributed by atoms with Gasteiger partial charge in [-0.15, -0.1) is 10.2 Å². The molecule has 34 heavy (non-hydrogen) atoms. The predicted molar refractivity (Wildman–Crippen MR) is 133 cm³/mol. The van der Waals surface area contributed by atoms with Crippen LogP contribution in [0.15, 0.2) is 84.9 Å². The van der Waals surface area contributed by atoms with Gasteiger partial charge < -0.3 is 10.1 Å². The van der Waals surface area contributed by atoms with Crippen LogP contribution in [0.3, 0.4) is 0 Å². The lowest BCUT2D eigenvalue weighted by Crippen LogP contribution is -2.46. The van der Waals surface area contributed by atoms with Crippen molar-refractivity contribution in [3.8, 4) is 16.3 Å². The van der Waals surface area contributed by atoms with Crippen molar-refractivity contribution in [2.24, 2.45) is 0 Å². The normalized spacial score (nSPS) is 11.4. The minimum Gasteiger partial charge on any atom is -0.484 e. The highest BCUT2D eigenvalue weighted by atomic mass is 32.1. The molecule has 0 saturated carbocycles. The minimum atomic E-state index is -0.805. The number of aryl methyl sites for hydroxylation is 1. The largest absolute Gasteiger partial charge is 0.484 e. The highest BCUT2D eigenvalue weighted by molar-refractivity contribution is 7.18. The number of anilines is 1. The predicted octanol–water partition coefficient (Wildman–Crippen LogP) is 4.26. The molecule has 3 aromatic carbocycles. The van der Waals surface area contributed by atoms with Gasteiger partial charge in [-0.25, -0.2) is 0 Å². The Balaban J connectivity index is 1.43. The number of ether oxygens (including phenoxy) is 1. The molecule has 0 spiro atoms. The Labute approximate surface area is 201 Å². The number of nitrogens with zero attached hydrogens (tertiary/aromatic N) is 2. The number of para-hydroxylation sites is 1. The van der Waals surface area contributed by atoms with Gasteiger partial charge in [0.1, 0.15) is 16.8 Å². The molecule has 1 aromatic heterocycles. The SMILES string of the molecule is Cc1cccc(-c2nnc(NC(=O)C(Cc3ccccc3)NC(=O)COc3ccccc3)s2)c1. The molecule has 4 aromatic rings. The maximum absolute atomic E-state index is 13.1. The van der Waals surface area contributed by atoms with E-state index in [2.05, 4.69) is 20.8 Å². The zero-order valence-electron chi connectivity index (χ0n) is 18.6. The van der Waals surface area contributed by atoms with Crippen molar-refractivity contribution in [3.63, 3.8) is 0 Å². The zero-order valence-corrected chi connectivity index (χ0v) is 19.4. The van der Waals surface area contributed by atoms with Gasteiger partial charge in [0.2, 0.25) is 11.0 Å². The van der Waals surface area contributed by atoms with Crippen LogP contribution in [0.25, 0.3) is 10.6 Å². The number of carbonyl (C=O) groups excluding carboxylic acids is 2. The van der Waals surface area contributed by atoms with E-state index in [9.17, 15) is 9.59 Å². The summed E-state index contributed by atoms with van der Waals surface area (Å²) >= 11 is 1.28. The molecule has 1 unspecified atom stereocenters. The van der Waals surface area contributed by atoms with Crippen LogP contribution in [0.2, 0.25) is 0 Å². The third kappa shape index (κ3) is 6.49. The fourth-order valence-electron chi connectivity index (χ4n) is 3.32. The Kier molecular flexibility index (Phi) is 7.62. The van der Waals surface area contributed by atoms with Gasteiger partial charge in [-0.05, 0) is 30.7 Å². The molecule has 2 N–H and O–H groups in total. The first-order valence-electron chi connectivity index (χ1n) is 10.8. The van der Waals surface area contributed by atoms with Crippen molar-refractivity contribution in [2.75, 3.05) is 11.9 Å². The lowest BCUT2D eigenvalue weighted by Gasteiger charge is -2.18. The second-order valence-corrected chi connectivity index (χ2v) is 8.66. The third-order valence-electron chi connectivity index (χ3n) is 4.97. The van der Waals surface area contributed by atoms with Crippen molar-refractivity contribution in [2.45, 2.75) is 19.4 Å². The second kappa shape index (κ2) is 11.2. The Bertz CT molecular complexity index is 1250. The lowest BCUT2D eigenvalue weighted by atomic mass is 10.1. The summed E-state index contributed by atoms with van der Waals surface area (Å²) in [5.74, 6) is -0.180. The van der Waals surface area contributed by atoms with Crippen LogP contribution in [-0.2, 0) is 16.0 Å². The molecule has 0 fully saturated rings. The van der Waals surface area contributed by atoms with E-state index in [1.807, 2.05) is 79.7 Å². The molecule has 7 nitrogen and oxygen atoms in total. The molecule has 0 saturated heterocycles. The molecule has 2 amide bonds. The third-order valence-corrected chi connectivity index (χ3v) is 5.86. The van der Waals surface area contributed by atoms with Gasteiger partial charge in [0.15, 0.2) is 6.61 Å². The van der Waals surface area contributed by atoms with Gasteiger partial charge in [-0.3, -0.25) is 14.9 Å². The highest BCUT2D eigenvalue weighted by Crippen LogP contribution is 2.27. The first-order valence-corrected chi connectivity index (χ1v) is 11.6. The molecular formula is C26H24N4O3S. The molecule has 1 heterocycles.